The SMILES string of the molecule is CCn1nnc2cc(C(=O)O[C@@H](C)C(=O)Nc3ccccc3)ccc21. The number of aryl methyl sites for hydroxylation is 1. The van der Waals surface area contributed by atoms with Crippen molar-refractivity contribution in [3.05, 3.63) is 54.1 Å². The number of esters is 1. The van der Waals surface area contributed by atoms with E-state index in [9.17, 15) is 9.59 Å². The van der Waals surface area contributed by atoms with Crippen LogP contribution in [0.1, 0.15) is 24.2 Å². The number of rotatable bonds is 5. The highest BCUT2D eigenvalue weighted by Crippen LogP contribution is 2.15. The van der Waals surface area contributed by atoms with E-state index in [1.165, 1.54) is 6.92 Å². The Bertz CT molecular complexity index is 905. The van der Waals surface area contributed by atoms with Crippen LogP contribution in [0.15, 0.2) is 48.5 Å². The molecule has 1 atom stereocenters. The summed E-state index contributed by atoms with van der Waals surface area (Å²) >= 11 is 0. The molecule has 0 saturated carbocycles. The molecule has 25 heavy (non-hydrogen) atoms. The molecule has 1 amide bonds. The number of carbonyl (C=O) groups excluding carboxylic acids is 2. The largest absolute Gasteiger partial charge is 0.449 e. The van der Waals surface area contributed by atoms with Gasteiger partial charge in [-0.15, -0.1) is 5.10 Å². The maximum atomic E-state index is 12.3. The number of aromatic nitrogens is 3. The normalized spacial score (nSPS) is 11.9. The predicted molar refractivity (Wildman–Crippen MR) is 93.2 cm³/mol. The average molecular weight is 338 g/mol. The zero-order valence-corrected chi connectivity index (χ0v) is 14.0. The number of para-hydroxylation sites is 1. The molecule has 2 aromatic carbocycles. The third kappa shape index (κ3) is 3.65. The van der Waals surface area contributed by atoms with E-state index in [-0.39, 0.29) is 0 Å². The quantitative estimate of drug-likeness (QED) is 0.723. The lowest BCUT2D eigenvalue weighted by Gasteiger charge is -2.13. The fraction of sp³-hybridized carbons (Fsp3) is 0.222. The van der Waals surface area contributed by atoms with Gasteiger partial charge in [-0.2, -0.15) is 0 Å². The van der Waals surface area contributed by atoms with E-state index in [0.29, 0.717) is 23.3 Å². The molecule has 1 aromatic heterocycles. The van der Waals surface area contributed by atoms with Crippen molar-refractivity contribution in [3.63, 3.8) is 0 Å². The van der Waals surface area contributed by atoms with Crippen molar-refractivity contribution in [3.8, 4) is 0 Å². The van der Waals surface area contributed by atoms with Gasteiger partial charge in [-0.1, -0.05) is 23.4 Å². The third-order valence-corrected chi connectivity index (χ3v) is 3.74. The lowest BCUT2D eigenvalue weighted by atomic mass is 10.2. The number of carbonyl (C=O) groups is 2. The first-order chi connectivity index (χ1) is 12.1. The third-order valence-electron chi connectivity index (χ3n) is 3.74. The molecule has 0 aliphatic carbocycles. The van der Waals surface area contributed by atoms with Crippen molar-refractivity contribution in [2.45, 2.75) is 26.5 Å². The van der Waals surface area contributed by atoms with Crippen LogP contribution in [0.4, 0.5) is 5.69 Å². The number of anilines is 1. The number of fused-ring (bicyclic) bond motifs is 1. The molecular formula is C18H18N4O3. The topological polar surface area (TPSA) is 86.1 Å². The van der Waals surface area contributed by atoms with Crippen LogP contribution in [0.5, 0.6) is 0 Å². The molecule has 1 heterocycles. The number of ether oxygens (including phenoxy) is 1. The van der Waals surface area contributed by atoms with Crippen molar-refractivity contribution in [2.75, 3.05) is 5.32 Å². The summed E-state index contributed by atoms with van der Waals surface area (Å²) < 4.78 is 6.98. The van der Waals surface area contributed by atoms with Gasteiger partial charge in [-0.05, 0) is 44.2 Å². The lowest BCUT2D eigenvalue weighted by Crippen LogP contribution is -2.29. The summed E-state index contributed by atoms with van der Waals surface area (Å²) in [4.78, 5) is 24.4. The fourth-order valence-corrected chi connectivity index (χ4v) is 2.38. The predicted octanol–water partition coefficient (Wildman–Crippen LogP) is 2.64. The lowest BCUT2D eigenvalue weighted by molar-refractivity contribution is -0.123. The highest BCUT2D eigenvalue weighted by atomic mass is 16.5. The average Bonchev–Trinajstić information content (AvgIpc) is 3.04. The Hall–Kier alpha value is -3.22. The molecule has 0 fully saturated rings. The van der Waals surface area contributed by atoms with Crippen LogP contribution in [0.25, 0.3) is 11.0 Å². The van der Waals surface area contributed by atoms with Gasteiger partial charge in [0.25, 0.3) is 5.91 Å². The molecule has 128 valence electrons. The first-order valence-corrected chi connectivity index (χ1v) is 7.98. The van der Waals surface area contributed by atoms with Gasteiger partial charge in [-0.25, -0.2) is 9.48 Å². The molecule has 0 aliphatic heterocycles. The maximum Gasteiger partial charge on any atom is 0.338 e. The molecule has 0 unspecified atom stereocenters. The Morgan fingerprint density at radius 1 is 1.20 bits per heavy atom. The summed E-state index contributed by atoms with van der Waals surface area (Å²) in [5.41, 5.74) is 2.43. The van der Waals surface area contributed by atoms with Gasteiger partial charge in [0.2, 0.25) is 0 Å². The second-order valence-electron chi connectivity index (χ2n) is 5.51. The van der Waals surface area contributed by atoms with E-state index in [1.807, 2.05) is 25.1 Å². The first kappa shape index (κ1) is 16.6. The summed E-state index contributed by atoms with van der Waals surface area (Å²) in [6, 6.07) is 14.0. The first-order valence-electron chi connectivity index (χ1n) is 7.98. The van der Waals surface area contributed by atoms with Gasteiger partial charge < -0.3 is 10.1 Å². The maximum absolute atomic E-state index is 12.3. The molecule has 0 radical (unpaired) electrons. The van der Waals surface area contributed by atoms with E-state index >= 15 is 0 Å². The van der Waals surface area contributed by atoms with Crippen LogP contribution in [-0.4, -0.2) is 33.0 Å². The molecule has 0 saturated heterocycles. The number of nitrogens with zero attached hydrogens (tertiary/aromatic N) is 3. The number of hydrogen-bond acceptors (Lipinski definition) is 5. The summed E-state index contributed by atoms with van der Waals surface area (Å²) in [5, 5.41) is 10.7. The van der Waals surface area contributed by atoms with Gasteiger partial charge >= 0.3 is 5.97 Å². The highest BCUT2D eigenvalue weighted by molar-refractivity contribution is 5.98. The summed E-state index contributed by atoms with van der Waals surface area (Å²) in [5.74, 6) is -0.971. The van der Waals surface area contributed by atoms with Gasteiger partial charge in [0.15, 0.2) is 6.10 Å². The number of nitrogens with one attached hydrogen (secondary N) is 1. The van der Waals surface area contributed by atoms with Gasteiger partial charge in [0.1, 0.15) is 5.52 Å². The monoisotopic (exact) mass is 338 g/mol. The van der Waals surface area contributed by atoms with Gasteiger partial charge in [-0.3, -0.25) is 4.79 Å². The van der Waals surface area contributed by atoms with Crippen LogP contribution >= 0.6 is 0 Å². The Morgan fingerprint density at radius 3 is 2.68 bits per heavy atom. The van der Waals surface area contributed by atoms with E-state index in [1.54, 1.807) is 35.0 Å². The molecule has 0 bridgehead atoms. The standard InChI is InChI=1S/C18H18N4O3/c1-3-22-16-10-9-13(11-15(16)20-21-22)18(24)25-12(2)17(23)19-14-7-5-4-6-8-14/h4-12H,3H2,1-2H3,(H,19,23)/t12-/m0/s1. The van der Waals surface area contributed by atoms with Crippen molar-refractivity contribution >= 4 is 28.6 Å². The van der Waals surface area contributed by atoms with Crippen molar-refractivity contribution < 1.29 is 14.3 Å². The molecule has 3 rings (SSSR count). The summed E-state index contributed by atoms with van der Waals surface area (Å²) in [6.07, 6.45) is -0.922. The zero-order chi connectivity index (χ0) is 17.8. The zero-order valence-electron chi connectivity index (χ0n) is 14.0. The molecule has 1 N–H and O–H groups in total. The van der Waals surface area contributed by atoms with Crippen LogP contribution in [-0.2, 0) is 16.1 Å². The van der Waals surface area contributed by atoms with Gasteiger partial charge in [0.05, 0.1) is 11.1 Å². The Balaban J connectivity index is 1.67. The smallest absolute Gasteiger partial charge is 0.338 e. The van der Waals surface area contributed by atoms with Crippen molar-refractivity contribution in [1.29, 1.82) is 0 Å². The Kier molecular flexibility index (Phi) is 4.74. The van der Waals surface area contributed by atoms with Crippen LogP contribution in [0, 0.1) is 0 Å². The molecule has 7 nitrogen and oxygen atoms in total. The van der Waals surface area contributed by atoms with E-state index < -0.39 is 18.0 Å². The van der Waals surface area contributed by atoms with E-state index in [2.05, 4.69) is 15.6 Å². The minimum atomic E-state index is -0.922. The van der Waals surface area contributed by atoms with E-state index in [0.717, 1.165) is 5.52 Å². The minimum Gasteiger partial charge on any atom is -0.449 e. The van der Waals surface area contributed by atoms with Crippen LogP contribution in [0.2, 0.25) is 0 Å². The highest BCUT2D eigenvalue weighted by Gasteiger charge is 2.19. The summed E-state index contributed by atoms with van der Waals surface area (Å²) in [6.45, 7) is 4.18. The Labute approximate surface area is 144 Å². The molecule has 3 aromatic rings. The van der Waals surface area contributed by atoms with Crippen LogP contribution < -0.4 is 5.32 Å². The van der Waals surface area contributed by atoms with Crippen molar-refractivity contribution in [2.24, 2.45) is 0 Å². The number of hydrogen-bond donors (Lipinski definition) is 1. The summed E-state index contributed by atoms with van der Waals surface area (Å²) in [7, 11) is 0. The number of amides is 1. The van der Waals surface area contributed by atoms with Gasteiger partial charge in [0, 0.05) is 12.2 Å². The Morgan fingerprint density at radius 2 is 1.96 bits per heavy atom. The minimum absolute atomic E-state index is 0.329. The molecule has 7 heteroatoms. The molecular weight excluding hydrogens is 320 g/mol. The molecule has 0 aliphatic rings. The molecule has 0 spiro atoms. The fourth-order valence-electron chi connectivity index (χ4n) is 2.38. The van der Waals surface area contributed by atoms with Crippen molar-refractivity contribution in [1.82, 2.24) is 15.0 Å². The second-order valence-corrected chi connectivity index (χ2v) is 5.51. The van der Waals surface area contributed by atoms with E-state index in [4.69, 9.17) is 4.74 Å². The van der Waals surface area contributed by atoms with Crippen LogP contribution in [0.3, 0.4) is 0 Å². The second kappa shape index (κ2) is 7.12. The number of benzene rings is 2.